The standard InChI is InChI=1S/C18H15N15/c1-9-15(17(30-28-9)27-10(2)21)29-31-18-12(5-20)7-26-33(18)14-3-13(23-8-24-14)32-16(22)11(4-19)6-25-32/h3,6-8H,22H2,1-2H3,(H3,21,27,28,30). The van der Waals surface area contributed by atoms with E-state index in [-0.39, 0.29) is 40.2 Å². The highest BCUT2D eigenvalue weighted by atomic mass is 15.4. The maximum Gasteiger partial charge on any atom is 0.203 e. The van der Waals surface area contributed by atoms with Gasteiger partial charge in [-0.25, -0.2) is 15.0 Å². The van der Waals surface area contributed by atoms with Gasteiger partial charge in [-0.2, -0.15) is 35.2 Å². The average Bonchev–Trinajstić information content (AvgIpc) is 3.48. The lowest BCUT2D eigenvalue weighted by molar-refractivity contribution is 0.805. The van der Waals surface area contributed by atoms with Crippen LogP contribution < -0.4 is 11.5 Å². The number of hydrogen-bond acceptors (Lipinski definition) is 11. The van der Waals surface area contributed by atoms with E-state index in [0.29, 0.717) is 17.2 Å². The quantitative estimate of drug-likeness (QED) is 0.232. The first kappa shape index (κ1) is 20.8. The Hall–Kier alpha value is -5.44. The van der Waals surface area contributed by atoms with E-state index in [0.717, 1.165) is 0 Å². The van der Waals surface area contributed by atoms with E-state index in [2.05, 4.69) is 45.6 Å². The molecule has 0 saturated carbocycles. The number of aryl methyl sites for hydroxylation is 1. The molecule has 162 valence electrons. The number of H-pyrrole nitrogens is 1. The van der Waals surface area contributed by atoms with E-state index in [1.807, 2.05) is 12.1 Å². The average molecular weight is 441 g/mol. The van der Waals surface area contributed by atoms with Crippen LogP contribution in [0.15, 0.2) is 40.0 Å². The van der Waals surface area contributed by atoms with Crippen molar-refractivity contribution in [2.45, 2.75) is 13.8 Å². The van der Waals surface area contributed by atoms with Crippen molar-refractivity contribution in [2.24, 2.45) is 21.0 Å². The Morgan fingerprint density at radius 2 is 1.73 bits per heavy atom. The predicted molar refractivity (Wildman–Crippen MR) is 115 cm³/mol. The molecule has 15 heteroatoms. The molecule has 0 fully saturated rings. The maximum absolute atomic E-state index is 9.51. The molecule has 0 spiro atoms. The normalized spacial score (nSPS) is 11.6. The Labute approximate surface area is 185 Å². The third kappa shape index (κ3) is 3.84. The molecule has 0 radical (unpaired) electrons. The number of nitriles is 2. The van der Waals surface area contributed by atoms with Crippen LogP contribution in [0.4, 0.5) is 23.1 Å². The Bertz CT molecular complexity index is 1480. The van der Waals surface area contributed by atoms with Crippen molar-refractivity contribution < 1.29 is 0 Å². The largest absolute Gasteiger partial charge is 0.387 e. The van der Waals surface area contributed by atoms with Crippen LogP contribution >= 0.6 is 0 Å². The first-order valence-electron chi connectivity index (χ1n) is 9.25. The van der Waals surface area contributed by atoms with Crippen LogP contribution in [-0.2, 0) is 0 Å². The van der Waals surface area contributed by atoms with E-state index in [1.54, 1.807) is 13.8 Å². The van der Waals surface area contributed by atoms with E-state index in [1.165, 1.54) is 34.2 Å². The smallest absolute Gasteiger partial charge is 0.203 e. The van der Waals surface area contributed by atoms with Crippen molar-refractivity contribution in [2.75, 3.05) is 5.73 Å². The molecule has 0 atom stereocenters. The molecular weight excluding hydrogens is 426 g/mol. The molecule has 0 amide bonds. The van der Waals surface area contributed by atoms with E-state index in [4.69, 9.17) is 16.7 Å². The van der Waals surface area contributed by atoms with Crippen molar-refractivity contribution in [3.05, 3.63) is 41.6 Å². The number of nitrogens with zero attached hydrogens (tertiary/aromatic N) is 12. The molecule has 4 heterocycles. The van der Waals surface area contributed by atoms with Crippen molar-refractivity contribution in [3.8, 4) is 23.8 Å². The monoisotopic (exact) mass is 441 g/mol. The van der Waals surface area contributed by atoms with E-state index >= 15 is 0 Å². The zero-order valence-electron chi connectivity index (χ0n) is 17.3. The lowest BCUT2D eigenvalue weighted by atomic mass is 10.3. The van der Waals surface area contributed by atoms with Crippen molar-refractivity contribution in [1.82, 2.24) is 39.7 Å². The summed E-state index contributed by atoms with van der Waals surface area (Å²) in [5.74, 6) is 1.35. The third-order valence-corrected chi connectivity index (χ3v) is 4.29. The molecule has 0 aliphatic carbocycles. The molecular formula is C18H15N15. The minimum Gasteiger partial charge on any atom is -0.387 e. The van der Waals surface area contributed by atoms with Gasteiger partial charge in [0.1, 0.15) is 35.4 Å². The van der Waals surface area contributed by atoms with E-state index < -0.39 is 0 Å². The third-order valence-electron chi connectivity index (χ3n) is 4.29. The Kier molecular flexibility index (Phi) is 5.27. The summed E-state index contributed by atoms with van der Waals surface area (Å²) in [5, 5.41) is 42.1. The summed E-state index contributed by atoms with van der Waals surface area (Å²) in [5.41, 5.74) is 12.9. The summed E-state index contributed by atoms with van der Waals surface area (Å²) < 4.78 is 2.60. The number of nitrogen functional groups attached to an aromatic ring is 1. The summed E-state index contributed by atoms with van der Waals surface area (Å²) in [6.07, 6.45) is 3.93. The van der Waals surface area contributed by atoms with Gasteiger partial charge in [0.2, 0.25) is 5.82 Å². The number of nitrogens with one attached hydrogen (secondary N) is 1. The minimum absolute atomic E-state index is 0.119. The summed E-state index contributed by atoms with van der Waals surface area (Å²) in [7, 11) is 0. The fourth-order valence-corrected chi connectivity index (χ4v) is 2.75. The first-order chi connectivity index (χ1) is 15.9. The molecule has 0 bridgehead atoms. The second kappa shape index (κ2) is 8.36. The molecule has 0 aromatic carbocycles. The topological polar surface area (TPSA) is 227 Å². The van der Waals surface area contributed by atoms with Crippen LogP contribution in [-0.4, -0.2) is 45.6 Å². The highest BCUT2D eigenvalue weighted by Crippen LogP contribution is 2.32. The van der Waals surface area contributed by atoms with Gasteiger partial charge in [-0.3, -0.25) is 5.10 Å². The number of hydrogen-bond donors (Lipinski definition) is 3. The molecule has 0 aliphatic rings. The Morgan fingerprint density at radius 1 is 1.06 bits per heavy atom. The Morgan fingerprint density at radius 3 is 2.39 bits per heavy atom. The summed E-state index contributed by atoms with van der Waals surface area (Å²) in [4.78, 5) is 12.4. The lowest BCUT2D eigenvalue weighted by Crippen LogP contribution is -2.07. The van der Waals surface area contributed by atoms with Gasteiger partial charge in [0.25, 0.3) is 0 Å². The maximum atomic E-state index is 9.51. The predicted octanol–water partition coefficient (Wildman–Crippen LogP) is 1.63. The lowest BCUT2D eigenvalue weighted by Gasteiger charge is -2.06. The second-order valence-electron chi connectivity index (χ2n) is 6.58. The van der Waals surface area contributed by atoms with Crippen LogP contribution in [0.25, 0.3) is 11.6 Å². The number of aromatic nitrogens is 8. The molecule has 4 aromatic heterocycles. The highest BCUT2D eigenvalue weighted by molar-refractivity contribution is 5.82. The van der Waals surface area contributed by atoms with Crippen LogP contribution in [0.1, 0.15) is 23.7 Å². The van der Waals surface area contributed by atoms with Gasteiger partial charge >= 0.3 is 0 Å². The Balaban J connectivity index is 1.78. The van der Waals surface area contributed by atoms with Crippen LogP contribution in [0.3, 0.4) is 0 Å². The number of rotatable bonds is 5. The van der Waals surface area contributed by atoms with Crippen LogP contribution in [0.2, 0.25) is 0 Å². The zero-order chi connectivity index (χ0) is 23.5. The van der Waals surface area contributed by atoms with Gasteiger partial charge in [-0.05, 0) is 13.8 Å². The molecule has 0 aliphatic heterocycles. The highest BCUT2D eigenvalue weighted by Gasteiger charge is 2.17. The zero-order valence-corrected chi connectivity index (χ0v) is 17.3. The summed E-state index contributed by atoms with van der Waals surface area (Å²) in [6.45, 7) is 3.36. The number of aromatic amines is 1. The number of aliphatic imine (C=N–C) groups is 1. The van der Waals surface area contributed by atoms with Gasteiger partial charge in [0.05, 0.1) is 23.9 Å². The van der Waals surface area contributed by atoms with Gasteiger partial charge in [0, 0.05) is 6.07 Å². The summed E-state index contributed by atoms with van der Waals surface area (Å²) >= 11 is 0. The van der Waals surface area contributed by atoms with Crippen LogP contribution in [0.5, 0.6) is 0 Å². The summed E-state index contributed by atoms with van der Waals surface area (Å²) in [6, 6.07) is 5.49. The number of nitrogens with two attached hydrogens (primary N) is 2. The molecule has 15 nitrogen and oxygen atoms in total. The molecule has 0 saturated heterocycles. The second-order valence-corrected chi connectivity index (χ2v) is 6.58. The van der Waals surface area contributed by atoms with Gasteiger partial charge < -0.3 is 11.5 Å². The van der Waals surface area contributed by atoms with Gasteiger partial charge in [-0.15, -0.1) is 10.2 Å². The minimum atomic E-state index is 0.119. The molecule has 4 rings (SSSR count). The molecule has 5 N–H and O–H groups in total. The number of anilines is 1. The number of amidine groups is 1. The van der Waals surface area contributed by atoms with Crippen molar-refractivity contribution in [1.29, 1.82) is 10.5 Å². The van der Waals surface area contributed by atoms with Gasteiger partial charge in [0.15, 0.2) is 23.1 Å². The molecule has 33 heavy (non-hydrogen) atoms. The van der Waals surface area contributed by atoms with Crippen molar-refractivity contribution >= 4 is 29.0 Å². The van der Waals surface area contributed by atoms with Gasteiger partial charge in [-0.1, -0.05) is 0 Å². The SMILES string of the molecule is CC(N)=Nc1n[nH]c(C)c1N=Nc1c(C#N)cnn1-c1cc(-n2ncc(C#N)c2N)ncn1. The number of azo groups is 1. The molecule has 0 unspecified atom stereocenters. The van der Waals surface area contributed by atoms with Crippen molar-refractivity contribution in [3.63, 3.8) is 0 Å². The first-order valence-corrected chi connectivity index (χ1v) is 9.25. The fraction of sp³-hybridized carbons (Fsp3) is 0.111. The fourth-order valence-electron chi connectivity index (χ4n) is 2.75. The van der Waals surface area contributed by atoms with Crippen LogP contribution in [0, 0.1) is 29.6 Å². The molecule has 4 aromatic rings. The van der Waals surface area contributed by atoms with E-state index in [9.17, 15) is 5.26 Å².